The van der Waals surface area contributed by atoms with E-state index in [-0.39, 0.29) is 12.5 Å². The minimum absolute atomic E-state index is 0.160. The lowest BCUT2D eigenvalue weighted by molar-refractivity contribution is -0.139. The second-order valence-electron chi connectivity index (χ2n) is 10.4. The van der Waals surface area contributed by atoms with Crippen molar-refractivity contribution in [2.45, 2.75) is 37.0 Å². The molecule has 2 aliphatic heterocycles. The highest BCUT2D eigenvalue weighted by atomic mass is 19.4. The van der Waals surface area contributed by atoms with Crippen LogP contribution < -0.4 is 5.32 Å². The minimum Gasteiger partial charge on any atom is -0.346 e. The molecule has 0 radical (unpaired) electrons. The molecule has 6 rings (SSSR count). The Morgan fingerprint density at radius 2 is 1.98 bits per heavy atom. The van der Waals surface area contributed by atoms with E-state index >= 15 is 0 Å². The number of aromatic nitrogens is 5. The van der Waals surface area contributed by atoms with E-state index in [1.807, 2.05) is 16.9 Å². The zero-order valence-corrected chi connectivity index (χ0v) is 21.7. The molecule has 0 bridgehead atoms. The maximum atomic E-state index is 14.3. The number of urea groups is 1. The van der Waals surface area contributed by atoms with Crippen molar-refractivity contribution in [2.24, 2.45) is 0 Å². The molecular weight excluding hydrogens is 542 g/mol. The van der Waals surface area contributed by atoms with E-state index in [1.54, 1.807) is 12.4 Å². The summed E-state index contributed by atoms with van der Waals surface area (Å²) in [6.07, 6.45) is 3.62. The van der Waals surface area contributed by atoms with Gasteiger partial charge in [-0.3, -0.25) is 9.58 Å². The fraction of sp³-hybridized carbons (Fsp3) is 0.370. The maximum absolute atomic E-state index is 14.3. The summed E-state index contributed by atoms with van der Waals surface area (Å²) < 4.78 is 55.2. The van der Waals surface area contributed by atoms with Crippen LogP contribution >= 0.6 is 0 Å². The van der Waals surface area contributed by atoms with Crippen molar-refractivity contribution in [1.29, 1.82) is 5.26 Å². The Hall–Kier alpha value is -4.51. The number of fused-ring (bicyclic) bond motifs is 1. The first-order valence-electron chi connectivity index (χ1n) is 13.0. The average Bonchev–Trinajstić information content (AvgIpc) is 3.61. The number of likely N-dealkylation sites (tertiary alicyclic amines) is 2. The first kappa shape index (κ1) is 26.7. The van der Waals surface area contributed by atoms with Gasteiger partial charge in [-0.1, -0.05) is 6.07 Å². The van der Waals surface area contributed by atoms with Gasteiger partial charge < -0.3 is 15.2 Å². The van der Waals surface area contributed by atoms with Gasteiger partial charge in [0.25, 0.3) is 0 Å². The third-order valence-electron chi connectivity index (χ3n) is 7.91. The molecule has 0 unspecified atom stereocenters. The number of nitrogens with zero attached hydrogens (tertiary/aromatic N) is 7. The van der Waals surface area contributed by atoms with Gasteiger partial charge in [0.15, 0.2) is 5.82 Å². The number of nitriles is 1. The number of carbonyl (C=O) groups excluding carboxylic acids is 1. The van der Waals surface area contributed by atoms with Crippen molar-refractivity contribution in [3.8, 4) is 17.3 Å². The molecular formula is C27H25F4N9O. The van der Waals surface area contributed by atoms with Crippen molar-refractivity contribution in [2.75, 3.05) is 31.5 Å². The molecule has 2 amide bonds. The van der Waals surface area contributed by atoms with Crippen molar-refractivity contribution < 1.29 is 22.4 Å². The zero-order valence-electron chi connectivity index (χ0n) is 21.7. The van der Waals surface area contributed by atoms with Crippen molar-refractivity contribution in [1.82, 2.24) is 34.5 Å². The van der Waals surface area contributed by atoms with E-state index in [4.69, 9.17) is 0 Å². The molecule has 0 aliphatic carbocycles. The predicted octanol–water partition coefficient (Wildman–Crippen LogP) is 4.60. The third kappa shape index (κ3) is 4.86. The second kappa shape index (κ2) is 10.2. The van der Waals surface area contributed by atoms with Crippen molar-refractivity contribution >= 4 is 22.8 Å². The van der Waals surface area contributed by atoms with Gasteiger partial charge in [-0.2, -0.15) is 23.5 Å². The summed E-state index contributed by atoms with van der Waals surface area (Å²) >= 11 is 0. The number of nitrogens with one attached hydrogen (secondary N) is 2. The number of amides is 2. The summed E-state index contributed by atoms with van der Waals surface area (Å²) in [5.41, 5.74) is -0.122. The number of rotatable bonds is 5. The highest BCUT2D eigenvalue weighted by Crippen LogP contribution is 2.38. The number of carbonyl (C=O) groups is 1. The van der Waals surface area contributed by atoms with E-state index in [2.05, 4.69) is 36.3 Å². The molecule has 1 aromatic carbocycles. The van der Waals surface area contributed by atoms with E-state index in [0.717, 1.165) is 34.4 Å². The summed E-state index contributed by atoms with van der Waals surface area (Å²) in [6.45, 7) is 1.95. The van der Waals surface area contributed by atoms with Gasteiger partial charge in [-0.25, -0.2) is 19.2 Å². The van der Waals surface area contributed by atoms with Gasteiger partial charge >= 0.3 is 12.2 Å². The van der Waals surface area contributed by atoms with Crippen LogP contribution in [0.4, 0.5) is 28.0 Å². The first-order valence-corrected chi connectivity index (χ1v) is 13.0. The van der Waals surface area contributed by atoms with E-state index in [1.165, 1.54) is 11.2 Å². The lowest BCUT2D eigenvalue weighted by atomic mass is 9.84. The molecule has 4 aromatic rings. The molecule has 5 heterocycles. The smallest absolute Gasteiger partial charge is 0.346 e. The summed E-state index contributed by atoms with van der Waals surface area (Å²) in [6, 6.07) is 6.51. The molecule has 0 spiro atoms. The van der Waals surface area contributed by atoms with Gasteiger partial charge in [0.2, 0.25) is 0 Å². The number of halogens is 4. The SMILES string of the molecule is N#CCC1(n2cc(-c3ncnc4[nH]ccc34)cn2)CN(C2CCN(C(=O)Nc3cccc(C(F)(F)F)c3F)CC2)C1. The third-order valence-corrected chi connectivity index (χ3v) is 7.91. The fourth-order valence-electron chi connectivity index (χ4n) is 5.74. The Morgan fingerprint density at radius 1 is 1.20 bits per heavy atom. The van der Waals surface area contributed by atoms with Gasteiger partial charge in [-0.05, 0) is 31.0 Å². The zero-order chi connectivity index (χ0) is 28.8. The van der Waals surface area contributed by atoms with Crippen LogP contribution in [-0.2, 0) is 11.7 Å². The lowest BCUT2D eigenvalue weighted by Gasteiger charge is -2.53. The molecule has 14 heteroatoms. The number of benzene rings is 1. The van der Waals surface area contributed by atoms with Crippen molar-refractivity contribution in [3.63, 3.8) is 0 Å². The molecule has 2 fully saturated rings. The molecule has 3 aromatic heterocycles. The van der Waals surface area contributed by atoms with Crippen LogP contribution in [0, 0.1) is 17.1 Å². The van der Waals surface area contributed by atoms with Crippen LogP contribution in [0.3, 0.4) is 0 Å². The van der Waals surface area contributed by atoms with Gasteiger partial charge in [0.05, 0.1) is 35.6 Å². The number of anilines is 1. The highest BCUT2D eigenvalue weighted by molar-refractivity contribution is 5.90. The molecule has 0 saturated carbocycles. The number of alkyl halides is 3. The molecule has 2 N–H and O–H groups in total. The van der Waals surface area contributed by atoms with Gasteiger partial charge in [0, 0.05) is 55.6 Å². The molecule has 2 aliphatic rings. The Labute approximate surface area is 231 Å². The lowest BCUT2D eigenvalue weighted by Crippen LogP contribution is -2.66. The normalized spacial score (nSPS) is 17.8. The summed E-state index contributed by atoms with van der Waals surface area (Å²) in [4.78, 5) is 28.1. The van der Waals surface area contributed by atoms with E-state index in [9.17, 15) is 27.6 Å². The Morgan fingerprint density at radius 3 is 2.71 bits per heavy atom. The number of hydrogen-bond acceptors (Lipinski definition) is 6. The first-order chi connectivity index (χ1) is 19.7. The monoisotopic (exact) mass is 567 g/mol. The Bertz CT molecular complexity index is 1630. The Kier molecular flexibility index (Phi) is 6.61. The Balaban J connectivity index is 1.08. The fourth-order valence-corrected chi connectivity index (χ4v) is 5.74. The van der Waals surface area contributed by atoms with Crippen LogP contribution in [0.1, 0.15) is 24.8 Å². The van der Waals surface area contributed by atoms with Crippen LogP contribution in [0.25, 0.3) is 22.3 Å². The standard InChI is InChI=1S/C27H25F4N9O/c28-22-20(27(29,30)31)2-1-3-21(22)37-25(41)38-10-5-18(6-11-38)39-14-26(15-39,7-8-32)40-13-17(12-36-40)23-19-4-9-33-24(19)35-16-34-23/h1-4,9,12-13,16,18H,5-7,10-11,14-15H2,(H,37,41)(H,33,34,35). The molecule has 41 heavy (non-hydrogen) atoms. The summed E-state index contributed by atoms with van der Waals surface area (Å²) in [5.74, 6) is -1.50. The van der Waals surface area contributed by atoms with Gasteiger partial charge in [-0.15, -0.1) is 0 Å². The van der Waals surface area contributed by atoms with Crippen LogP contribution in [0.15, 0.2) is 49.2 Å². The topological polar surface area (TPSA) is 119 Å². The minimum atomic E-state index is -4.86. The largest absolute Gasteiger partial charge is 0.419 e. The highest BCUT2D eigenvalue weighted by Gasteiger charge is 2.48. The number of H-pyrrole nitrogens is 1. The second-order valence-corrected chi connectivity index (χ2v) is 10.4. The van der Waals surface area contributed by atoms with E-state index in [0.29, 0.717) is 45.1 Å². The number of piperidine rings is 1. The summed E-state index contributed by atoms with van der Waals surface area (Å²) in [5, 5.41) is 17.3. The quantitative estimate of drug-likeness (QED) is 0.341. The average molecular weight is 568 g/mol. The van der Waals surface area contributed by atoms with Crippen LogP contribution in [-0.4, -0.2) is 72.8 Å². The van der Waals surface area contributed by atoms with Crippen LogP contribution in [0.2, 0.25) is 0 Å². The number of aromatic amines is 1. The molecule has 0 atom stereocenters. The number of hydrogen-bond donors (Lipinski definition) is 2. The maximum Gasteiger partial charge on any atom is 0.419 e. The molecule has 212 valence electrons. The molecule has 2 saturated heterocycles. The van der Waals surface area contributed by atoms with Crippen LogP contribution in [0.5, 0.6) is 0 Å². The predicted molar refractivity (Wildman–Crippen MR) is 140 cm³/mol. The molecule has 10 nitrogen and oxygen atoms in total. The van der Waals surface area contributed by atoms with Crippen molar-refractivity contribution in [3.05, 3.63) is 60.6 Å². The van der Waals surface area contributed by atoms with E-state index < -0.39 is 34.8 Å². The summed E-state index contributed by atoms with van der Waals surface area (Å²) in [7, 11) is 0. The van der Waals surface area contributed by atoms with Gasteiger partial charge in [0.1, 0.15) is 17.5 Å².